The van der Waals surface area contributed by atoms with Gasteiger partial charge in [-0.25, -0.2) is 23.1 Å². The number of hydrogen-bond acceptors (Lipinski definition) is 14. The van der Waals surface area contributed by atoms with E-state index in [0.29, 0.717) is 5.56 Å². The minimum atomic E-state index is -6.02. The molecule has 268 valence electrons. The first-order valence-corrected chi connectivity index (χ1v) is 21.6. The summed E-state index contributed by atoms with van der Waals surface area (Å²) in [6, 6.07) is 21.2. The molecule has 6 unspecified atom stereocenters. The number of phosphoric acid groups is 3. The molecule has 0 bridgehead atoms. The van der Waals surface area contributed by atoms with Crippen LogP contribution in [-0.2, 0) is 49.9 Å². The van der Waals surface area contributed by atoms with Crippen molar-refractivity contribution in [3.8, 4) is 0 Å². The van der Waals surface area contributed by atoms with Crippen LogP contribution in [0.25, 0.3) is 10.8 Å². The van der Waals surface area contributed by atoms with Gasteiger partial charge in [0.2, 0.25) is 0 Å². The van der Waals surface area contributed by atoms with Crippen LogP contribution < -0.4 is 11.2 Å². The molecule has 6 rings (SSSR count). The predicted octanol–water partition coefficient (Wildman–Crippen LogP) is 4.33. The highest BCUT2D eigenvalue weighted by Crippen LogP contribution is 2.74. The van der Waals surface area contributed by atoms with E-state index >= 15 is 0 Å². The van der Waals surface area contributed by atoms with E-state index in [1.165, 1.54) is 24.3 Å². The molecule has 3 heterocycles. The van der Waals surface area contributed by atoms with Crippen LogP contribution in [0.2, 0.25) is 0 Å². The van der Waals surface area contributed by atoms with Gasteiger partial charge >= 0.3 is 36.0 Å². The minimum absolute atomic E-state index is 0.102. The molecule has 0 spiro atoms. The number of H-pyrrole nitrogens is 1. The Labute approximate surface area is 284 Å². The number of benzene rings is 3. The van der Waals surface area contributed by atoms with E-state index in [9.17, 15) is 47.4 Å². The zero-order valence-corrected chi connectivity index (χ0v) is 29.3. The average molecular weight is 794 g/mol. The van der Waals surface area contributed by atoms with Crippen LogP contribution in [0.4, 0.5) is 0 Å². The predicted molar refractivity (Wildman–Crippen MR) is 172 cm³/mol. The highest BCUT2D eigenvalue weighted by Gasteiger charge is 2.55. The molecule has 19 nitrogen and oxygen atoms in total. The Hall–Kier alpha value is -2.57. The molecule has 0 radical (unpaired) electrons. The van der Waals surface area contributed by atoms with E-state index in [0.717, 1.165) is 27.6 Å². The summed E-state index contributed by atoms with van der Waals surface area (Å²) in [6.45, 7) is -5.96. The fourth-order valence-corrected chi connectivity index (χ4v) is 12.4. The lowest BCUT2D eigenvalue weighted by molar-refractivity contribution is -0.154. The Kier molecular flexibility index (Phi) is 10.8. The van der Waals surface area contributed by atoms with Gasteiger partial charge in [-0.05, 0) is 40.4 Å². The van der Waals surface area contributed by atoms with Crippen molar-refractivity contribution >= 4 is 52.4 Å². The maximum absolute atomic E-state index is 12.7. The van der Waals surface area contributed by atoms with E-state index in [1.54, 1.807) is 12.1 Å². The van der Waals surface area contributed by atoms with Crippen LogP contribution in [0, 0.1) is 0 Å². The largest absolute Gasteiger partial charge is 0.490 e. The quantitative estimate of drug-likeness (QED) is 0.118. The smallest absolute Gasteiger partial charge is 0.346 e. The molecule has 2 aliphatic rings. The summed E-state index contributed by atoms with van der Waals surface area (Å²) in [7, 11) is -17.6. The monoisotopic (exact) mass is 794 g/mol. The molecule has 1 aromatic heterocycles. The van der Waals surface area contributed by atoms with Gasteiger partial charge in [0.15, 0.2) is 12.5 Å². The molecule has 4 aromatic rings. The van der Waals surface area contributed by atoms with Crippen molar-refractivity contribution in [3.63, 3.8) is 0 Å². The lowest BCUT2D eigenvalue weighted by Gasteiger charge is -2.23. The first kappa shape index (κ1) is 37.2. The number of aromatic amines is 1. The maximum atomic E-state index is 12.7. The third-order valence-electron chi connectivity index (χ3n) is 7.00. The van der Waals surface area contributed by atoms with Crippen LogP contribution >= 0.6 is 41.6 Å². The molecular formula is C26H26N2O17P4S. The Morgan fingerprint density at radius 2 is 1.38 bits per heavy atom. The summed E-state index contributed by atoms with van der Waals surface area (Å²) in [4.78, 5) is 66.5. The number of nitrogens with zero attached hydrogens (tertiary/aromatic N) is 1. The summed E-state index contributed by atoms with van der Waals surface area (Å²) in [5, 5.41) is 1.80. The number of hydrogen-bond donors (Lipinski definition) is 5. The van der Waals surface area contributed by atoms with Crippen molar-refractivity contribution in [3.05, 3.63) is 111 Å². The molecule has 9 atom stereocenters. The SMILES string of the molecule is O=c1ccn([C@@H]2O[C@H](COP(=O)(O)OP(=O)(O)OP(=O)(O)OP(=O)(O)Sc3ccccc3)C3OC(c4ccc5ccccc5c4)O[C@@H]32)c(=O)[nH]1. The van der Waals surface area contributed by atoms with Crippen molar-refractivity contribution in [1.29, 1.82) is 0 Å². The molecule has 2 saturated heterocycles. The first-order valence-electron chi connectivity index (χ1n) is 14.1. The fraction of sp³-hybridized carbons (Fsp3) is 0.231. The maximum Gasteiger partial charge on any atom is 0.490 e. The van der Waals surface area contributed by atoms with Gasteiger partial charge in [0.25, 0.3) is 5.56 Å². The van der Waals surface area contributed by atoms with Gasteiger partial charge in [-0.2, -0.15) is 12.9 Å². The van der Waals surface area contributed by atoms with Gasteiger partial charge in [0.05, 0.1) is 6.61 Å². The van der Waals surface area contributed by atoms with E-state index in [-0.39, 0.29) is 16.3 Å². The first-order chi connectivity index (χ1) is 23.5. The second-order valence-electron chi connectivity index (χ2n) is 10.5. The number of aromatic nitrogens is 2. The lowest BCUT2D eigenvalue weighted by Crippen LogP contribution is -2.36. The second-order valence-corrected chi connectivity index (χ2v) is 19.1. The van der Waals surface area contributed by atoms with Gasteiger partial charge < -0.3 is 33.8 Å². The number of fused-ring (bicyclic) bond motifs is 2. The topological polar surface area (TPSA) is 269 Å². The van der Waals surface area contributed by atoms with Gasteiger partial charge in [-0.15, -0.1) is 0 Å². The van der Waals surface area contributed by atoms with Crippen LogP contribution in [0.15, 0.2) is 99.5 Å². The van der Waals surface area contributed by atoms with Crippen LogP contribution in [0.1, 0.15) is 18.1 Å². The number of phosphoric ester groups is 1. The summed E-state index contributed by atoms with van der Waals surface area (Å²) in [5.74, 6) is 0. The van der Waals surface area contributed by atoms with Gasteiger partial charge in [-0.3, -0.25) is 18.9 Å². The Balaban J connectivity index is 1.14. The molecule has 0 amide bonds. The standard InChI is InChI=1S/C26H26N2O17P4S/c29-21-12-13-28(26(30)27-21)24-23-22(41-25(42-23)18-11-10-16-6-4-5-7-17(16)14-18)20(40-24)15-39-46(31,32)43-47(33,34)44-48(35,36)45-49(37,38)50-19-8-2-1-3-9-19/h1-14,20,22-25H,15H2,(H,31,32)(H,33,34)(H,35,36)(H,37,38)(H,27,29,30)/t20-,22?,23+,24-,25?/m1/s1. The summed E-state index contributed by atoms with van der Waals surface area (Å²) in [6.07, 6.45) is -4.63. The van der Waals surface area contributed by atoms with Gasteiger partial charge in [0, 0.05) is 22.7 Å². The summed E-state index contributed by atoms with van der Waals surface area (Å²) in [5.41, 5.74) is -0.993. The Bertz CT molecular complexity index is 2200. The molecule has 0 saturated carbocycles. The van der Waals surface area contributed by atoms with E-state index in [2.05, 4.69) is 17.9 Å². The lowest BCUT2D eigenvalue weighted by atomic mass is 10.1. The van der Waals surface area contributed by atoms with Crippen LogP contribution in [0.5, 0.6) is 0 Å². The van der Waals surface area contributed by atoms with E-state index in [4.69, 9.17) is 18.7 Å². The molecule has 50 heavy (non-hydrogen) atoms. The van der Waals surface area contributed by atoms with E-state index in [1.807, 2.05) is 36.4 Å². The normalized spacial score (nSPS) is 26.8. The fourth-order valence-electron chi connectivity index (χ4n) is 5.08. The van der Waals surface area contributed by atoms with Crippen molar-refractivity contribution in [2.75, 3.05) is 6.61 Å². The summed E-state index contributed by atoms with van der Waals surface area (Å²) >= 11 is 0.102. The molecule has 2 fully saturated rings. The zero-order chi connectivity index (χ0) is 35.9. The second kappa shape index (κ2) is 14.5. The Morgan fingerprint density at radius 1 is 0.740 bits per heavy atom. The number of nitrogens with one attached hydrogen (secondary N) is 1. The van der Waals surface area contributed by atoms with Crippen molar-refractivity contribution < 1.29 is 69.5 Å². The highest BCUT2D eigenvalue weighted by molar-refractivity contribution is 8.55. The average Bonchev–Trinajstić information content (AvgIpc) is 3.58. The van der Waals surface area contributed by atoms with Crippen LogP contribution in [-0.4, -0.2) is 54.0 Å². The molecule has 3 aromatic carbocycles. The van der Waals surface area contributed by atoms with Crippen molar-refractivity contribution in [2.24, 2.45) is 0 Å². The molecule has 2 aliphatic heterocycles. The molecule has 0 aliphatic carbocycles. The van der Waals surface area contributed by atoms with Gasteiger partial charge in [0.1, 0.15) is 18.3 Å². The molecule has 5 N–H and O–H groups in total. The van der Waals surface area contributed by atoms with Crippen molar-refractivity contribution in [1.82, 2.24) is 9.55 Å². The Morgan fingerprint density at radius 3 is 2.10 bits per heavy atom. The molecular weight excluding hydrogens is 768 g/mol. The summed E-state index contributed by atoms with van der Waals surface area (Å²) < 4.78 is 85.8. The van der Waals surface area contributed by atoms with E-state index < -0.39 is 79.0 Å². The minimum Gasteiger partial charge on any atom is -0.346 e. The number of rotatable bonds is 13. The highest BCUT2D eigenvalue weighted by atomic mass is 32.7. The molecule has 24 heteroatoms. The number of ether oxygens (including phenoxy) is 3. The van der Waals surface area contributed by atoms with Gasteiger partial charge in [-0.1, -0.05) is 54.6 Å². The third-order valence-corrected chi connectivity index (χ3v) is 15.1. The van der Waals surface area contributed by atoms with Crippen molar-refractivity contribution in [2.45, 2.75) is 35.7 Å². The third kappa shape index (κ3) is 9.07. The van der Waals surface area contributed by atoms with Crippen LogP contribution in [0.3, 0.4) is 0 Å². The zero-order valence-electron chi connectivity index (χ0n) is 24.9.